The predicted octanol–water partition coefficient (Wildman–Crippen LogP) is 15.8. The fraction of sp³-hybridized carbons (Fsp3) is 0.308. The Bertz CT molecular complexity index is 2820. The van der Waals surface area contributed by atoms with Crippen molar-refractivity contribution in [3.8, 4) is 34.1 Å². The maximum Gasteiger partial charge on any atom is 0.453 e. The minimum Gasteiger partial charge on any atom is -0.497 e. The highest BCUT2D eigenvalue weighted by Gasteiger charge is 2.31. The minimum atomic E-state index is -2.07. The number of aryl methyl sites for hydroxylation is 5. The lowest BCUT2D eigenvalue weighted by Gasteiger charge is -2.27. The molecule has 0 saturated heterocycles. The number of rotatable bonds is 3. The van der Waals surface area contributed by atoms with E-state index in [4.69, 9.17) is 26.7 Å². The van der Waals surface area contributed by atoms with Gasteiger partial charge in [-0.25, -0.2) is 0 Å². The van der Waals surface area contributed by atoms with Crippen molar-refractivity contribution in [2.24, 2.45) is 0 Å². The lowest BCUT2D eigenvalue weighted by atomic mass is 9.83. The van der Waals surface area contributed by atoms with Crippen molar-refractivity contribution in [2.45, 2.75) is 99.6 Å². The van der Waals surface area contributed by atoms with Crippen LogP contribution in [0.2, 0.25) is 0 Å². The van der Waals surface area contributed by atoms with Gasteiger partial charge >= 0.3 is 8.24 Å². The standard InChI is InChI=1S/C52H56O6P2/c1-31-21-35(5)47-40(23-31)43-28-39(53-12)29-45(52(9,10)11)50(43)58-60-56-48-38(22-32(2)24-41(48)42-25-33(3)26-44(49(42)57-60)51(6,7)8)27-36-18-14-15-19-37(36)30-59(55-47)54-46-20-16-13-17-34(46)4/h13-26,28-29H,27,30H2,1-12H3. The smallest absolute Gasteiger partial charge is 0.453 e. The molecule has 7 aromatic rings. The van der Waals surface area contributed by atoms with Crippen LogP contribution >= 0.6 is 16.6 Å². The van der Waals surface area contributed by atoms with Crippen molar-refractivity contribution in [1.29, 1.82) is 0 Å². The van der Waals surface area contributed by atoms with Gasteiger partial charge in [0.1, 0.15) is 34.2 Å². The number of hydrogen-bond donors (Lipinski definition) is 0. The second kappa shape index (κ2) is 16.0. The number of benzene rings is 6. The van der Waals surface area contributed by atoms with Gasteiger partial charge < -0.3 is 26.7 Å². The first kappa shape index (κ1) is 41.6. The van der Waals surface area contributed by atoms with Crippen LogP contribution in [0, 0.1) is 34.6 Å². The normalized spacial score (nSPS) is 14.6. The van der Waals surface area contributed by atoms with Crippen molar-refractivity contribution in [3.05, 3.63) is 153 Å². The average molecular weight is 839 g/mol. The zero-order valence-corrected chi connectivity index (χ0v) is 38.8. The molecule has 2 unspecified atom stereocenters. The molecule has 8 heteroatoms. The second-order valence-electron chi connectivity index (χ2n) is 18.4. The lowest BCUT2D eigenvalue weighted by Crippen LogP contribution is -2.13. The Labute approximate surface area is 357 Å². The van der Waals surface area contributed by atoms with Crippen LogP contribution < -0.4 is 18.3 Å². The Morgan fingerprint density at radius 3 is 1.87 bits per heavy atom. The van der Waals surface area contributed by atoms with Crippen LogP contribution in [0.15, 0.2) is 105 Å². The summed E-state index contributed by atoms with van der Waals surface area (Å²) in [6.45, 7) is 23.9. The van der Waals surface area contributed by atoms with E-state index in [1.165, 1.54) is 5.56 Å². The molecule has 2 atom stereocenters. The minimum absolute atomic E-state index is 0.226. The summed E-state index contributed by atoms with van der Waals surface area (Å²) in [5, 5.41) is 2.01. The summed E-state index contributed by atoms with van der Waals surface area (Å²) in [5.41, 5.74) is 13.6. The van der Waals surface area contributed by atoms with Gasteiger partial charge in [-0.2, -0.15) is 0 Å². The summed E-state index contributed by atoms with van der Waals surface area (Å²) in [7, 11) is -1.93. The molecule has 0 saturated carbocycles. The van der Waals surface area contributed by atoms with Crippen LogP contribution in [-0.4, -0.2) is 7.11 Å². The number of para-hydroxylation sites is 1. The van der Waals surface area contributed by atoms with E-state index >= 15 is 0 Å². The van der Waals surface area contributed by atoms with E-state index in [0.717, 1.165) is 94.6 Å². The predicted molar refractivity (Wildman–Crippen MR) is 249 cm³/mol. The summed E-state index contributed by atoms with van der Waals surface area (Å²) in [6, 6.07) is 34.2. The van der Waals surface area contributed by atoms with Crippen LogP contribution in [0.4, 0.5) is 0 Å². The van der Waals surface area contributed by atoms with Gasteiger partial charge in [0, 0.05) is 45.0 Å². The SMILES string of the molecule is COc1cc2c(c(C(C)(C)C)c1)Op1oc3c(cc(C)cc3c3cc(C)cc(C(C)(C)C)c3o1)Cc1ccccc1CP(Oc1ccccc1C)Oc1c(C)cc(C)cc1-2. The fourth-order valence-electron chi connectivity index (χ4n) is 8.23. The van der Waals surface area contributed by atoms with E-state index in [-0.39, 0.29) is 10.8 Å². The molecule has 0 fully saturated rings. The summed E-state index contributed by atoms with van der Waals surface area (Å²) in [6.07, 6.45) is 1.18. The quantitative estimate of drug-likeness (QED) is 0.165. The van der Waals surface area contributed by atoms with E-state index in [2.05, 4.69) is 155 Å². The molecule has 1 aliphatic heterocycles. The third kappa shape index (κ3) is 8.30. The monoisotopic (exact) mass is 838 g/mol. The van der Waals surface area contributed by atoms with Crippen LogP contribution in [0.1, 0.15) is 97.2 Å². The van der Waals surface area contributed by atoms with Crippen LogP contribution in [-0.2, 0) is 23.4 Å². The van der Waals surface area contributed by atoms with Gasteiger partial charge in [-0.3, -0.25) is 0 Å². The highest BCUT2D eigenvalue weighted by molar-refractivity contribution is 7.47. The van der Waals surface area contributed by atoms with Gasteiger partial charge in [0.2, 0.25) is 0 Å². The molecule has 1 aliphatic rings. The van der Waals surface area contributed by atoms with Gasteiger partial charge in [-0.05, 0) is 121 Å². The molecule has 0 spiro atoms. The van der Waals surface area contributed by atoms with Crippen molar-refractivity contribution in [1.82, 2.24) is 0 Å². The molecule has 6 nitrogen and oxygen atoms in total. The Balaban J connectivity index is 1.53. The first-order valence-electron chi connectivity index (χ1n) is 20.7. The van der Waals surface area contributed by atoms with E-state index < -0.39 is 16.6 Å². The van der Waals surface area contributed by atoms with Gasteiger partial charge in [0.25, 0.3) is 8.38 Å². The molecular formula is C52H56O6P2. The van der Waals surface area contributed by atoms with Gasteiger partial charge in [-0.15, -0.1) is 0 Å². The Morgan fingerprint density at radius 1 is 0.550 bits per heavy atom. The van der Waals surface area contributed by atoms with E-state index in [0.29, 0.717) is 24.1 Å². The van der Waals surface area contributed by atoms with Gasteiger partial charge in [0.15, 0.2) is 0 Å². The summed E-state index contributed by atoms with van der Waals surface area (Å²) in [4.78, 5) is 0. The van der Waals surface area contributed by atoms with Crippen molar-refractivity contribution >= 4 is 38.6 Å². The first-order valence-corrected chi connectivity index (χ1v) is 23.2. The summed E-state index contributed by atoms with van der Waals surface area (Å²) >= 11 is 0. The van der Waals surface area contributed by atoms with E-state index in [1.54, 1.807) is 7.11 Å². The van der Waals surface area contributed by atoms with Gasteiger partial charge in [-0.1, -0.05) is 102 Å². The van der Waals surface area contributed by atoms with Crippen LogP contribution in [0.3, 0.4) is 0 Å². The molecule has 2 heterocycles. The Hall–Kier alpha value is -5.15. The highest BCUT2D eigenvalue weighted by Crippen LogP contribution is 2.54. The zero-order chi connectivity index (χ0) is 42.7. The number of fused-ring (bicyclic) bond motifs is 7. The molecule has 60 heavy (non-hydrogen) atoms. The third-order valence-electron chi connectivity index (χ3n) is 11.2. The van der Waals surface area contributed by atoms with Crippen LogP contribution in [0.5, 0.6) is 23.0 Å². The van der Waals surface area contributed by atoms with E-state index in [9.17, 15) is 0 Å². The number of methoxy groups -OCH3 is 1. The second-order valence-corrected chi connectivity index (χ2v) is 20.7. The number of hydrogen-bond acceptors (Lipinski definition) is 6. The maximum absolute atomic E-state index is 7.37. The van der Waals surface area contributed by atoms with Crippen molar-refractivity contribution in [2.75, 3.05) is 7.11 Å². The van der Waals surface area contributed by atoms with Crippen molar-refractivity contribution < 1.29 is 26.7 Å². The zero-order valence-electron chi connectivity index (χ0n) is 37.0. The Kier molecular flexibility index (Phi) is 11.1. The summed E-state index contributed by atoms with van der Waals surface area (Å²) in [5.74, 6) is 2.91. The largest absolute Gasteiger partial charge is 0.497 e. The summed E-state index contributed by atoms with van der Waals surface area (Å²) < 4.78 is 42.1. The van der Waals surface area contributed by atoms with Crippen molar-refractivity contribution in [3.63, 3.8) is 0 Å². The maximum atomic E-state index is 7.37. The molecule has 310 valence electrons. The van der Waals surface area contributed by atoms with E-state index in [1.807, 2.05) is 18.2 Å². The topological polar surface area (TPSA) is 63.2 Å². The average Bonchev–Trinajstić information content (AvgIpc) is 3.32. The molecule has 6 aromatic carbocycles. The molecule has 0 aliphatic carbocycles. The first-order chi connectivity index (χ1) is 28.5. The van der Waals surface area contributed by atoms with Gasteiger partial charge in [0.05, 0.1) is 13.3 Å². The molecular weight excluding hydrogens is 783 g/mol. The molecule has 0 amide bonds. The molecule has 2 bridgehead atoms. The fourth-order valence-corrected chi connectivity index (χ4v) is 11.0. The molecule has 8 rings (SSSR count). The number of ether oxygens (including phenoxy) is 1. The third-order valence-corrected chi connectivity index (χ3v) is 13.6. The molecule has 0 N–H and O–H groups in total. The Morgan fingerprint density at radius 2 is 1.17 bits per heavy atom. The lowest BCUT2D eigenvalue weighted by molar-refractivity contribution is 0.410. The highest BCUT2D eigenvalue weighted by atomic mass is 31.2. The van der Waals surface area contributed by atoms with Crippen LogP contribution in [0.25, 0.3) is 33.1 Å². The molecule has 0 radical (unpaired) electrons. The molecule has 1 aromatic heterocycles.